The Labute approximate surface area is 194 Å². The average molecular weight is 474 g/mol. The minimum absolute atomic E-state index is 0.000483. The number of aromatic nitrogens is 3. The second-order valence-corrected chi connectivity index (χ2v) is 9.40. The Kier molecular flexibility index (Phi) is 5.43. The van der Waals surface area contributed by atoms with Crippen molar-refractivity contribution in [1.29, 1.82) is 0 Å². The standard InChI is InChI=1S/C22H21Cl2N5O3/c23-16-7-14(8-17(24)10-16)11-32-21(31)29-12-22(13-29)3-5-28(6-4-22)20(30)15-1-2-18-19(9-15)26-27-25-18/h1-2,7-10H,3-6,11-13H2,(H,25,26,27). The van der Waals surface area contributed by atoms with E-state index in [1.54, 1.807) is 35.2 Å². The van der Waals surface area contributed by atoms with E-state index in [9.17, 15) is 9.59 Å². The lowest BCUT2D eigenvalue weighted by Crippen LogP contribution is -2.62. The van der Waals surface area contributed by atoms with Crippen LogP contribution in [0.25, 0.3) is 11.0 Å². The smallest absolute Gasteiger partial charge is 0.410 e. The van der Waals surface area contributed by atoms with Gasteiger partial charge < -0.3 is 14.5 Å². The van der Waals surface area contributed by atoms with Crippen molar-refractivity contribution in [2.24, 2.45) is 5.41 Å². The van der Waals surface area contributed by atoms with E-state index in [0.29, 0.717) is 47.3 Å². The number of carbonyl (C=O) groups excluding carboxylic acids is 2. The molecule has 166 valence electrons. The number of aromatic amines is 1. The summed E-state index contributed by atoms with van der Waals surface area (Å²) < 4.78 is 5.41. The van der Waals surface area contributed by atoms with E-state index < -0.39 is 0 Å². The van der Waals surface area contributed by atoms with E-state index >= 15 is 0 Å². The first-order chi connectivity index (χ1) is 15.4. The van der Waals surface area contributed by atoms with Crippen molar-refractivity contribution in [3.8, 4) is 0 Å². The molecule has 32 heavy (non-hydrogen) atoms. The number of ether oxygens (including phenoxy) is 1. The third-order valence-corrected chi connectivity index (χ3v) is 6.72. The van der Waals surface area contributed by atoms with Gasteiger partial charge in [-0.1, -0.05) is 28.4 Å². The second-order valence-electron chi connectivity index (χ2n) is 8.52. The molecule has 0 atom stereocenters. The summed E-state index contributed by atoms with van der Waals surface area (Å²) in [5, 5.41) is 11.5. The highest BCUT2D eigenvalue weighted by molar-refractivity contribution is 6.34. The molecule has 1 aromatic heterocycles. The number of halogens is 2. The molecule has 0 saturated carbocycles. The fourth-order valence-corrected chi connectivity index (χ4v) is 5.05. The number of fused-ring (bicyclic) bond motifs is 1. The van der Waals surface area contributed by atoms with Crippen molar-refractivity contribution in [3.63, 3.8) is 0 Å². The van der Waals surface area contributed by atoms with Gasteiger partial charge in [0.05, 0.1) is 5.52 Å². The molecule has 0 unspecified atom stereocenters. The summed E-state index contributed by atoms with van der Waals surface area (Å²) in [6.45, 7) is 2.75. The fourth-order valence-electron chi connectivity index (χ4n) is 4.48. The van der Waals surface area contributed by atoms with Crippen LogP contribution < -0.4 is 0 Å². The molecule has 0 bridgehead atoms. The molecule has 8 nitrogen and oxygen atoms in total. The van der Waals surface area contributed by atoms with E-state index in [4.69, 9.17) is 27.9 Å². The summed E-state index contributed by atoms with van der Waals surface area (Å²) in [7, 11) is 0. The van der Waals surface area contributed by atoms with Gasteiger partial charge in [0.25, 0.3) is 5.91 Å². The quantitative estimate of drug-likeness (QED) is 0.616. The Morgan fingerprint density at radius 3 is 2.47 bits per heavy atom. The van der Waals surface area contributed by atoms with Crippen molar-refractivity contribution < 1.29 is 14.3 Å². The highest BCUT2D eigenvalue weighted by Crippen LogP contribution is 2.41. The predicted molar refractivity (Wildman–Crippen MR) is 120 cm³/mol. The van der Waals surface area contributed by atoms with Gasteiger partial charge in [-0.2, -0.15) is 0 Å². The van der Waals surface area contributed by atoms with Gasteiger partial charge in [0.15, 0.2) is 0 Å². The lowest BCUT2D eigenvalue weighted by atomic mass is 9.72. The number of hydrogen-bond acceptors (Lipinski definition) is 5. The fraction of sp³-hybridized carbons (Fsp3) is 0.364. The Balaban J connectivity index is 1.11. The molecule has 2 fully saturated rings. The van der Waals surface area contributed by atoms with Gasteiger partial charge in [-0.25, -0.2) is 4.79 Å². The molecule has 3 aromatic rings. The molecular weight excluding hydrogens is 453 g/mol. The number of carbonyl (C=O) groups is 2. The molecule has 0 radical (unpaired) electrons. The maximum atomic E-state index is 12.9. The molecular formula is C22H21Cl2N5O3. The summed E-state index contributed by atoms with van der Waals surface area (Å²) in [4.78, 5) is 28.9. The number of amides is 2. The van der Waals surface area contributed by atoms with Crippen LogP contribution in [0.1, 0.15) is 28.8 Å². The van der Waals surface area contributed by atoms with Crippen molar-refractivity contribution in [2.45, 2.75) is 19.4 Å². The van der Waals surface area contributed by atoms with E-state index in [2.05, 4.69) is 15.4 Å². The zero-order chi connectivity index (χ0) is 22.3. The monoisotopic (exact) mass is 473 g/mol. The highest BCUT2D eigenvalue weighted by atomic mass is 35.5. The molecule has 2 saturated heterocycles. The van der Waals surface area contributed by atoms with E-state index in [-0.39, 0.29) is 24.0 Å². The van der Waals surface area contributed by atoms with Gasteiger partial charge in [0.2, 0.25) is 0 Å². The third kappa shape index (κ3) is 4.12. The van der Waals surface area contributed by atoms with Crippen LogP contribution in [0.5, 0.6) is 0 Å². The van der Waals surface area contributed by atoms with Crippen molar-refractivity contribution in [1.82, 2.24) is 25.2 Å². The largest absolute Gasteiger partial charge is 0.445 e. The molecule has 3 heterocycles. The number of likely N-dealkylation sites (tertiary alicyclic amines) is 2. The highest BCUT2D eigenvalue weighted by Gasteiger charge is 2.47. The van der Waals surface area contributed by atoms with Crippen LogP contribution >= 0.6 is 23.2 Å². The molecule has 2 aliphatic rings. The molecule has 2 amide bonds. The summed E-state index contributed by atoms with van der Waals surface area (Å²) in [5.74, 6) is 0.000483. The van der Waals surface area contributed by atoms with Crippen LogP contribution in [-0.2, 0) is 11.3 Å². The summed E-state index contributed by atoms with van der Waals surface area (Å²) in [6, 6.07) is 10.5. The number of rotatable bonds is 3. The van der Waals surface area contributed by atoms with Gasteiger partial charge >= 0.3 is 6.09 Å². The van der Waals surface area contributed by atoms with Gasteiger partial charge in [-0.15, -0.1) is 5.10 Å². The van der Waals surface area contributed by atoms with E-state index in [1.807, 2.05) is 11.0 Å². The first-order valence-corrected chi connectivity index (χ1v) is 11.1. The van der Waals surface area contributed by atoms with Crippen LogP contribution in [0, 0.1) is 5.41 Å². The maximum Gasteiger partial charge on any atom is 0.410 e. The zero-order valence-electron chi connectivity index (χ0n) is 17.2. The van der Waals surface area contributed by atoms with Crippen LogP contribution in [0.2, 0.25) is 10.0 Å². The second kappa shape index (κ2) is 8.26. The number of benzene rings is 2. The van der Waals surface area contributed by atoms with E-state index in [0.717, 1.165) is 23.9 Å². The average Bonchev–Trinajstić information content (AvgIpc) is 3.23. The molecule has 1 N–H and O–H groups in total. The summed E-state index contributed by atoms with van der Waals surface area (Å²) >= 11 is 12.0. The van der Waals surface area contributed by atoms with Crippen LogP contribution in [0.4, 0.5) is 4.79 Å². The Morgan fingerprint density at radius 1 is 1.03 bits per heavy atom. The predicted octanol–water partition coefficient (Wildman–Crippen LogP) is 4.14. The van der Waals surface area contributed by atoms with Crippen LogP contribution in [-0.4, -0.2) is 63.4 Å². The number of hydrogen-bond donors (Lipinski definition) is 1. The topological polar surface area (TPSA) is 91.4 Å². The van der Waals surface area contributed by atoms with Crippen molar-refractivity contribution >= 4 is 46.2 Å². The van der Waals surface area contributed by atoms with Gasteiger partial charge in [-0.3, -0.25) is 9.89 Å². The lowest BCUT2D eigenvalue weighted by molar-refractivity contribution is -0.0392. The molecule has 2 aromatic carbocycles. The minimum Gasteiger partial charge on any atom is -0.445 e. The number of H-pyrrole nitrogens is 1. The number of nitrogens with one attached hydrogen (secondary N) is 1. The molecule has 10 heteroatoms. The first-order valence-electron chi connectivity index (χ1n) is 10.4. The number of piperidine rings is 1. The first kappa shape index (κ1) is 21.0. The SMILES string of the molecule is O=C(OCc1cc(Cl)cc(Cl)c1)N1CC2(CCN(C(=O)c3ccc4[nH]nnc4c3)CC2)C1. The van der Waals surface area contributed by atoms with Gasteiger partial charge in [-0.05, 0) is 54.8 Å². The molecule has 0 aliphatic carbocycles. The van der Waals surface area contributed by atoms with Crippen molar-refractivity contribution in [3.05, 3.63) is 57.6 Å². The normalized spacial score (nSPS) is 17.4. The number of nitrogens with zero attached hydrogens (tertiary/aromatic N) is 4. The maximum absolute atomic E-state index is 12.9. The molecule has 2 aliphatic heterocycles. The Morgan fingerprint density at radius 2 is 1.75 bits per heavy atom. The lowest BCUT2D eigenvalue weighted by Gasteiger charge is -2.53. The summed E-state index contributed by atoms with van der Waals surface area (Å²) in [6.07, 6.45) is 1.38. The Bertz CT molecular complexity index is 1160. The minimum atomic E-state index is -0.342. The van der Waals surface area contributed by atoms with Crippen LogP contribution in [0.3, 0.4) is 0 Å². The van der Waals surface area contributed by atoms with Crippen molar-refractivity contribution in [2.75, 3.05) is 26.2 Å². The zero-order valence-corrected chi connectivity index (χ0v) is 18.7. The molecule has 1 spiro atoms. The molecule has 5 rings (SSSR count). The Hall–Kier alpha value is -2.84. The van der Waals surface area contributed by atoms with Crippen LogP contribution in [0.15, 0.2) is 36.4 Å². The van der Waals surface area contributed by atoms with Gasteiger partial charge in [0.1, 0.15) is 12.1 Å². The van der Waals surface area contributed by atoms with E-state index in [1.165, 1.54) is 0 Å². The van der Waals surface area contributed by atoms with Gasteiger partial charge in [0, 0.05) is 47.2 Å². The summed E-state index contributed by atoms with van der Waals surface area (Å²) in [5.41, 5.74) is 2.91. The third-order valence-electron chi connectivity index (χ3n) is 6.28.